The standard InChI is InChI=1S/C58H97N2O6P/c1-6-8-10-12-14-16-17-18-19-20-21-22-23-24-25-26-27-28-29-30-31-32-33-34-35-36-37-38-39-40-41-42-43-44-46-48-50-52-58(62)59-56(55-66-67(63,64)65-54-53-60(3,4)5)57(61)51-49-47-45-15-13-11-9-7-2/h8,10,13-16,18-19,21-22,24-25,27-28,30-31,33-34,36-37,49,51,56-57,61H,6-7,9,11-12,17,20,23,26,29,32,35,38-48,50,52-55H2,1-5H3,(H-,59,62,63,64)/p+1/b10-8-,15-13+,16-14-,19-18-,22-21-,25-24-,28-27-,31-30-,34-33-,37-36-,51-49+. The minimum absolute atomic E-state index is 0.0476. The van der Waals surface area contributed by atoms with E-state index >= 15 is 0 Å². The summed E-state index contributed by atoms with van der Waals surface area (Å²) in [4.78, 5) is 23.1. The molecule has 0 saturated carbocycles. The van der Waals surface area contributed by atoms with Crippen LogP contribution in [0.4, 0.5) is 0 Å². The highest BCUT2D eigenvalue weighted by atomic mass is 31.2. The van der Waals surface area contributed by atoms with Crippen LogP contribution in [0.2, 0.25) is 0 Å². The number of aliphatic hydroxyl groups is 1. The van der Waals surface area contributed by atoms with Crippen LogP contribution >= 0.6 is 7.82 Å². The fourth-order valence-corrected chi connectivity index (χ4v) is 7.24. The Labute approximate surface area is 411 Å². The molecule has 0 aliphatic rings. The number of nitrogens with zero attached hydrogens (tertiary/aromatic N) is 1. The summed E-state index contributed by atoms with van der Waals surface area (Å²) < 4.78 is 23.5. The predicted octanol–water partition coefficient (Wildman–Crippen LogP) is 15.6. The Kier molecular flexibility index (Phi) is 45.3. The van der Waals surface area contributed by atoms with E-state index in [-0.39, 0.29) is 19.1 Å². The quantitative estimate of drug-likeness (QED) is 0.0243. The van der Waals surface area contributed by atoms with Crippen LogP contribution in [0.5, 0.6) is 0 Å². The van der Waals surface area contributed by atoms with Gasteiger partial charge in [0.15, 0.2) is 0 Å². The Morgan fingerprint density at radius 3 is 1.37 bits per heavy atom. The van der Waals surface area contributed by atoms with Gasteiger partial charge in [-0.1, -0.05) is 205 Å². The number of nitrogens with one attached hydrogen (secondary N) is 1. The van der Waals surface area contributed by atoms with Crippen LogP contribution in [0.15, 0.2) is 134 Å². The van der Waals surface area contributed by atoms with Gasteiger partial charge >= 0.3 is 7.82 Å². The third-order valence-electron chi connectivity index (χ3n) is 10.6. The number of carbonyl (C=O) groups is 1. The number of phosphoric acid groups is 1. The summed E-state index contributed by atoms with van der Waals surface area (Å²) in [5.41, 5.74) is 0. The number of amides is 1. The van der Waals surface area contributed by atoms with Crippen LogP contribution in [0, 0.1) is 0 Å². The van der Waals surface area contributed by atoms with Crippen molar-refractivity contribution in [2.24, 2.45) is 0 Å². The monoisotopic (exact) mass is 950 g/mol. The summed E-state index contributed by atoms with van der Waals surface area (Å²) in [7, 11) is 1.53. The van der Waals surface area contributed by atoms with Gasteiger partial charge in [-0.15, -0.1) is 0 Å². The summed E-state index contributed by atoms with van der Waals surface area (Å²) in [6.45, 7) is 4.56. The van der Waals surface area contributed by atoms with Crippen LogP contribution in [0.3, 0.4) is 0 Å². The minimum atomic E-state index is -4.35. The third kappa shape index (κ3) is 50.3. The maximum absolute atomic E-state index is 12.9. The highest BCUT2D eigenvalue weighted by molar-refractivity contribution is 7.47. The van der Waals surface area contributed by atoms with Gasteiger partial charge in [-0.3, -0.25) is 13.8 Å². The first-order valence-corrected chi connectivity index (χ1v) is 27.6. The van der Waals surface area contributed by atoms with Crippen molar-refractivity contribution in [3.05, 3.63) is 134 Å². The molecule has 0 aromatic heterocycles. The lowest BCUT2D eigenvalue weighted by Gasteiger charge is -2.25. The molecular weight excluding hydrogens is 852 g/mol. The van der Waals surface area contributed by atoms with Gasteiger partial charge in [-0.25, -0.2) is 4.57 Å². The average Bonchev–Trinajstić information content (AvgIpc) is 3.29. The number of hydrogen-bond acceptors (Lipinski definition) is 5. The van der Waals surface area contributed by atoms with Crippen molar-refractivity contribution in [1.82, 2.24) is 5.32 Å². The van der Waals surface area contributed by atoms with E-state index in [1.165, 1.54) is 51.4 Å². The number of allylic oxidation sites excluding steroid dienone is 21. The summed E-state index contributed by atoms with van der Waals surface area (Å²) in [5.74, 6) is -0.204. The number of phosphoric ester groups is 1. The molecule has 0 aliphatic heterocycles. The lowest BCUT2D eigenvalue weighted by Crippen LogP contribution is -2.45. The van der Waals surface area contributed by atoms with Crippen molar-refractivity contribution in [1.29, 1.82) is 0 Å². The Hall–Kier alpha value is -3.36. The van der Waals surface area contributed by atoms with E-state index < -0.39 is 20.0 Å². The van der Waals surface area contributed by atoms with Crippen molar-refractivity contribution in [3.63, 3.8) is 0 Å². The van der Waals surface area contributed by atoms with Crippen LogP contribution in [0.25, 0.3) is 0 Å². The summed E-state index contributed by atoms with van der Waals surface area (Å²) in [6.07, 6.45) is 72.9. The maximum Gasteiger partial charge on any atom is 0.472 e. The molecule has 0 fully saturated rings. The van der Waals surface area contributed by atoms with Crippen molar-refractivity contribution in [2.75, 3.05) is 40.9 Å². The van der Waals surface area contributed by atoms with Crippen molar-refractivity contribution in [3.8, 4) is 0 Å². The van der Waals surface area contributed by atoms with Gasteiger partial charge in [0.1, 0.15) is 13.2 Å². The lowest BCUT2D eigenvalue weighted by molar-refractivity contribution is -0.870. The predicted molar refractivity (Wildman–Crippen MR) is 290 cm³/mol. The molecule has 380 valence electrons. The molecule has 67 heavy (non-hydrogen) atoms. The first-order valence-electron chi connectivity index (χ1n) is 26.1. The molecule has 1 amide bonds. The molecular formula is C58H98N2O6P+. The zero-order valence-electron chi connectivity index (χ0n) is 43.1. The first kappa shape index (κ1) is 63.6. The maximum atomic E-state index is 12.9. The van der Waals surface area contributed by atoms with E-state index in [4.69, 9.17) is 9.05 Å². The van der Waals surface area contributed by atoms with E-state index in [0.717, 1.165) is 103 Å². The van der Waals surface area contributed by atoms with Gasteiger partial charge in [-0.05, 0) is 96.3 Å². The Bertz CT molecular complexity index is 1540. The fraction of sp³-hybridized carbons (Fsp3) is 0.603. The molecule has 0 aromatic rings. The zero-order valence-corrected chi connectivity index (χ0v) is 44.0. The van der Waals surface area contributed by atoms with E-state index in [0.29, 0.717) is 17.4 Å². The van der Waals surface area contributed by atoms with Crippen molar-refractivity contribution < 1.29 is 32.9 Å². The normalized spacial score (nSPS) is 15.1. The molecule has 0 rings (SSSR count). The molecule has 0 aliphatic carbocycles. The second-order valence-corrected chi connectivity index (χ2v) is 19.6. The molecule has 3 unspecified atom stereocenters. The Morgan fingerprint density at radius 2 is 0.910 bits per heavy atom. The molecule has 0 radical (unpaired) electrons. The van der Waals surface area contributed by atoms with E-state index in [1.807, 2.05) is 27.2 Å². The summed E-state index contributed by atoms with van der Waals surface area (Å²) >= 11 is 0. The molecule has 0 saturated heterocycles. The zero-order chi connectivity index (χ0) is 49.2. The Balaban J connectivity index is 4.07. The number of quaternary nitrogens is 1. The topological polar surface area (TPSA) is 105 Å². The van der Waals surface area contributed by atoms with E-state index in [2.05, 4.69) is 141 Å². The smallest absolute Gasteiger partial charge is 0.387 e. The van der Waals surface area contributed by atoms with Gasteiger partial charge in [-0.2, -0.15) is 0 Å². The van der Waals surface area contributed by atoms with E-state index in [9.17, 15) is 19.4 Å². The summed E-state index contributed by atoms with van der Waals surface area (Å²) in [6, 6.07) is -0.873. The molecule has 0 bridgehead atoms. The number of unbranched alkanes of at least 4 members (excludes halogenated alkanes) is 12. The van der Waals surface area contributed by atoms with Gasteiger partial charge in [0.2, 0.25) is 5.91 Å². The second-order valence-electron chi connectivity index (χ2n) is 18.2. The molecule has 0 heterocycles. The molecule has 3 atom stereocenters. The third-order valence-corrected chi connectivity index (χ3v) is 11.6. The average molecular weight is 950 g/mol. The van der Waals surface area contributed by atoms with Gasteiger partial charge in [0.25, 0.3) is 0 Å². The largest absolute Gasteiger partial charge is 0.472 e. The van der Waals surface area contributed by atoms with Crippen molar-refractivity contribution >= 4 is 13.7 Å². The Morgan fingerprint density at radius 1 is 0.522 bits per heavy atom. The number of aliphatic hydroxyl groups excluding tert-OH is 1. The minimum Gasteiger partial charge on any atom is -0.387 e. The van der Waals surface area contributed by atoms with Crippen LogP contribution in [-0.2, 0) is 18.4 Å². The van der Waals surface area contributed by atoms with E-state index in [1.54, 1.807) is 6.08 Å². The summed E-state index contributed by atoms with van der Waals surface area (Å²) in [5, 5.41) is 13.7. The van der Waals surface area contributed by atoms with Crippen LogP contribution < -0.4 is 5.32 Å². The molecule has 9 heteroatoms. The van der Waals surface area contributed by atoms with Crippen LogP contribution in [0.1, 0.15) is 174 Å². The van der Waals surface area contributed by atoms with Gasteiger partial charge < -0.3 is 19.8 Å². The SMILES string of the molecule is CC/C=C\C/C=C\C/C=C\C/C=C\C/C=C\C/C=C\C/C=C\C/C=C\C/C=C\CCCCCCCCCCCC(=O)NC(COP(=O)(O)OCC[N+](C)(C)C)C(O)/C=C/CC/C=C/CCCC. The molecule has 0 aromatic carbocycles. The first-order chi connectivity index (χ1) is 32.5. The number of carbonyl (C=O) groups excluding carboxylic acids is 1. The molecule has 0 spiro atoms. The second kappa shape index (κ2) is 47.7. The van der Waals surface area contributed by atoms with Crippen LogP contribution in [-0.4, -0.2) is 73.4 Å². The highest BCUT2D eigenvalue weighted by Crippen LogP contribution is 2.43. The fourth-order valence-electron chi connectivity index (χ4n) is 6.50. The number of rotatable bonds is 45. The van der Waals surface area contributed by atoms with Gasteiger partial charge in [0, 0.05) is 6.42 Å². The van der Waals surface area contributed by atoms with Gasteiger partial charge in [0.05, 0.1) is 39.9 Å². The lowest BCUT2D eigenvalue weighted by atomic mass is 10.1. The number of likely N-dealkylation sites (N-methyl/N-ethyl adjacent to an activating group) is 1. The molecule has 3 N–H and O–H groups in total. The number of hydrogen-bond donors (Lipinski definition) is 3. The molecule has 8 nitrogen and oxygen atoms in total. The van der Waals surface area contributed by atoms with Crippen molar-refractivity contribution in [2.45, 2.75) is 187 Å². The highest BCUT2D eigenvalue weighted by Gasteiger charge is 2.27.